The number of nitrogens with two attached hydrogens (primary N) is 2. The van der Waals surface area contributed by atoms with Gasteiger partial charge in [-0.3, -0.25) is 0 Å². The van der Waals surface area contributed by atoms with E-state index >= 15 is 0 Å². The van der Waals surface area contributed by atoms with Crippen molar-refractivity contribution in [3.05, 3.63) is 94.4 Å². The monoisotopic (exact) mass is 632 g/mol. The molecular weight excluding hydrogens is 595 g/mol. The normalized spacial score (nSPS) is 9.28. The van der Waals surface area contributed by atoms with Gasteiger partial charge >= 0.3 is 0 Å². The largest absolute Gasteiger partial charge is 0.472 e. The topological polar surface area (TPSA) is 215 Å². The van der Waals surface area contributed by atoms with E-state index in [1.165, 1.54) is 0 Å². The third-order valence-electron chi connectivity index (χ3n) is 5.35. The zero-order chi connectivity index (χ0) is 28.4. The zero-order valence-electron chi connectivity index (χ0n) is 22.8. The van der Waals surface area contributed by atoms with Crippen LogP contribution in [0, 0.1) is 12.3 Å². The van der Waals surface area contributed by atoms with Crippen molar-refractivity contribution >= 4 is 36.7 Å². The first-order valence-corrected chi connectivity index (χ1v) is 12.5. The Bertz CT molecular complexity index is 1460. The number of nitrogen functional groups attached to an aromatic ring is 2. The minimum Gasteiger partial charge on any atom is -0.472 e. The Hall–Kier alpha value is -4.83. The summed E-state index contributed by atoms with van der Waals surface area (Å²) >= 11 is 0. The maximum absolute atomic E-state index is 7.89. The Morgan fingerprint density at radius 2 is 1.56 bits per heavy atom. The van der Waals surface area contributed by atoms with Crippen molar-refractivity contribution < 1.29 is 8.83 Å². The molecule has 0 amide bonds. The van der Waals surface area contributed by atoms with E-state index in [1.54, 1.807) is 43.5 Å². The first-order chi connectivity index (χ1) is 19.6. The minimum atomic E-state index is 0. The van der Waals surface area contributed by atoms with Crippen molar-refractivity contribution in [1.82, 2.24) is 34.9 Å². The zero-order valence-corrected chi connectivity index (χ0v) is 24.4. The average molecular weight is 634 g/mol. The van der Waals surface area contributed by atoms with E-state index in [-0.39, 0.29) is 32.2 Å². The van der Waals surface area contributed by atoms with Gasteiger partial charge in [0.15, 0.2) is 11.9 Å². The van der Waals surface area contributed by atoms with Gasteiger partial charge in [0.25, 0.3) is 0 Å². The number of rotatable bonds is 11. The van der Waals surface area contributed by atoms with Gasteiger partial charge in [-0.1, -0.05) is 17.8 Å². The van der Waals surface area contributed by atoms with Gasteiger partial charge in [0.1, 0.15) is 0 Å². The van der Waals surface area contributed by atoms with Gasteiger partial charge in [-0.15, -0.1) is 42.3 Å². The van der Waals surface area contributed by atoms with Crippen LogP contribution in [0.1, 0.15) is 54.9 Å². The molecule has 0 radical (unpaired) electrons. The molecular formula is C27H38Cl2N12O2. The predicted octanol–water partition coefficient (Wildman–Crippen LogP) is 5.92. The summed E-state index contributed by atoms with van der Waals surface area (Å²) in [5.74, 6) is 3.52. The second kappa shape index (κ2) is 21.9. The maximum atomic E-state index is 7.89. The molecule has 0 fully saturated rings. The number of nitrogens with zero attached hydrogens (tertiary/aromatic N) is 8. The van der Waals surface area contributed by atoms with E-state index in [4.69, 9.17) is 32.3 Å². The summed E-state index contributed by atoms with van der Waals surface area (Å²) in [6.45, 7) is 1.05. The molecule has 0 aliphatic heterocycles. The number of halogens is 2. The molecule has 43 heavy (non-hydrogen) atoms. The summed E-state index contributed by atoms with van der Waals surface area (Å²) in [6, 6.07) is 3.68. The van der Waals surface area contributed by atoms with Crippen LogP contribution in [0.2, 0.25) is 0 Å². The van der Waals surface area contributed by atoms with E-state index in [2.05, 4.69) is 46.2 Å². The van der Waals surface area contributed by atoms with Crippen molar-refractivity contribution in [3.63, 3.8) is 0 Å². The Morgan fingerprint density at radius 1 is 0.953 bits per heavy atom. The van der Waals surface area contributed by atoms with Crippen molar-refractivity contribution in [3.8, 4) is 12.3 Å². The number of azide groups is 1. The second-order valence-corrected chi connectivity index (χ2v) is 8.56. The Balaban J connectivity index is 0.000000657. The standard InChI is InChI=1S/C13H16N6O.C8H11N3.C5H5N3O.CH4.2ClH/c14-13-15-6-11(16-13)2-1-3-12-8-19(18-17-12)7-10-4-5-20-9-10;1-2-3-4-5-7-6-10-8(9)11-7;6-8-7-3-5-1-2-9-4-5;;;/h4-6,8-9H,1-3,7H2,(H3,14,15,16);1,6H,3-5H2,(H3,9,10,11);1-2,4H,3H2;1H4;2*1H. The summed E-state index contributed by atoms with van der Waals surface area (Å²) < 4.78 is 11.6. The number of anilines is 2. The number of terminal acetylenes is 1. The number of aromatic amines is 2. The Kier molecular flexibility index (Phi) is 19.4. The fourth-order valence-electron chi connectivity index (χ4n) is 3.44. The number of unbranched alkanes of at least 4 members (excludes halogenated alkanes) is 1. The molecule has 0 aliphatic carbocycles. The predicted molar refractivity (Wildman–Crippen MR) is 170 cm³/mol. The molecule has 5 aromatic heterocycles. The highest BCUT2D eigenvalue weighted by Crippen LogP contribution is 2.07. The summed E-state index contributed by atoms with van der Waals surface area (Å²) in [5, 5.41) is 11.6. The summed E-state index contributed by atoms with van der Waals surface area (Å²) in [4.78, 5) is 16.4. The maximum Gasteiger partial charge on any atom is 0.197 e. The average Bonchev–Trinajstić information content (AvgIpc) is 3.78. The van der Waals surface area contributed by atoms with E-state index in [1.807, 2.05) is 16.9 Å². The molecule has 5 aromatic rings. The molecule has 16 heteroatoms. The number of nitrogens with one attached hydrogen (secondary N) is 2. The van der Waals surface area contributed by atoms with Gasteiger partial charge in [0, 0.05) is 34.5 Å². The third kappa shape index (κ3) is 15.1. The van der Waals surface area contributed by atoms with E-state index in [0.29, 0.717) is 25.0 Å². The molecule has 14 nitrogen and oxygen atoms in total. The van der Waals surface area contributed by atoms with E-state index in [0.717, 1.165) is 66.7 Å². The van der Waals surface area contributed by atoms with Crippen molar-refractivity contribution in [1.29, 1.82) is 0 Å². The van der Waals surface area contributed by atoms with Crippen LogP contribution in [-0.4, -0.2) is 34.9 Å². The fourth-order valence-corrected chi connectivity index (χ4v) is 3.44. The highest BCUT2D eigenvalue weighted by atomic mass is 35.5. The molecule has 0 unspecified atom stereocenters. The third-order valence-corrected chi connectivity index (χ3v) is 5.35. The lowest BCUT2D eigenvalue weighted by Crippen LogP contribution is -1.98. The number of hydrogen-bond donors (Lipinski definition) is 4. The number of furan rings is 2. The van der Waals surface area contributed by atoms with Gasteiger partial charge in [0.05, 0.1) is 56.2 Å². The van der Waals surface area contributed by atoms with Crippen LogP contribution in [-0.2, 0) is 32.4 Å². The lowest BCUT2D eigenvalue weighted by atomic mass is 10.2. The van der Waals surface area contributed by atoms with Gasteiger partial charge in [-0.2, -0.15) is 0 Å². The number of aromatic nitrogens is 7. The van der Waals surface area contributed by atoms with Crippen LogP contribution >= 0.6 is 24.8 Å². The molecule has 0 bridgehead atoms. The van der Waals surface area contributed by atoms with E-state index in [9.17, 15) is 0 Å². The second-order valence-electron chi connectivity index (χ2n) is 8.56. The van der Waals surface area contributed by atoms with Gasteiger partial charge in [-0.25, -0.2) is 14.6 Å². The molecule has 5 rings (SSSR count). The number of aryl methyl sites for hydroxylation is 3. The van der Waals surface area contributed by atoms with Crippen LogP contribution in [0.15, 0.2) is 69.7 Å². The molecule has 0 aromatic carbocycles. The van der Waals surface area contributed by atoms with Crippen LogP contribution in [0.3, 0.4) is 0 Å². The lowest BCUT2D eigenvalue weighted by Gasteiger charge is -1.96. The van der Waals surface area contributed by atoms with Gasteiger partial charge in [-0.05, 0) is 55.3 Å². The number of H-pyrrole nitrogens is 2. The molecule has 0 atom stereocenters. The van der Waals surface area contributed by atoms with Crippen molar-refractivity contribution in [2.75, 3.05) is 11.5 Å². The van der Waals surface area contributed by atoms with Crippen molar-refractivity contribution in [2.45, 2.75) is 59.0 Å². The summed E-state index contributed by atoms with van der Waals surface area (Å²) in [7, 11) is 0. The highest BCUT2D eigenvalue weighted by molar-refractivity contribution is 5.85. The first kappa shape index (κ1) is 38.2. The highest BCUT2D eigenvalue weighted by Gasteiger charge is 2.04. The van der Waals surface area contributed by atoms with Crippen LogP contribution in [0.4, 0.5) is 11.9 Å². The van der Waals surface area contributed by atoms with Crippen LogP contribution in [0.25, 0.3) is 10.4 Å². The molecule has 6 N–H and O–H groups in total. The molecule has 232 valence electrons. The smallest absolute Gasteiger partial charge is 0.197 e. The van der Waals surface area contributed by atoms with Crippen LogP contribution < -0.4 is 11.5 Å². The summed E-state index contributed by atoms with van der Waals surface area (Å²) in [5.41, 5.74) is 23.9. The number of hydrogen-bond acceptors (Lipinski definition) is 9. The minimum absolute atomic E-state index is 0. The molecule has 0 saturated heterocycles. The Labute approximate surface area is 262 Å². The molecule has 0 saturated carbocycles. The summed E-state index contributed by atoms with van der Waals surface area (Å²) in [6.07, 6.45) is 22.5. The van der Waals surface area contributed by atoms with Crippen LogP contribution in [0.5, 0.6) is 0 Å². The van der Waals surface area contributed by atoms with Gasteiger partial charge < -0.3 is 30.3 Å². The lowest BCUT2D eigenvalue weighted by molar-refractivity contribution is 0.558. The van der Waals surface area contributed by atoms with E-state index < -0.39 is 0 Å². The SMILES string of the molecule is C.C#CCCCc1cnc(N)[nH]1.Cl.Cl.Nc1ncc(CCCc2cn(Cc3ccoc3)nn2)[nH]1.[N-]=[N+]=NCc1ccoc1. The van der Waals surface area contributed by atoms with Gasteiger partial charge in [0.2, 0.25) is 0 Å². The molecule has 0 aliphatic rings. The Morgan fingerprint density at radius 3 is 2.07 bits per heavy atom. The van der Waals surface area contributed by atoms with Crippen molar-refractivity contribution in [2.24, 2.45) is 5.11 Å². The molecule has 5 heterocycles. The first-order valence-electron chi connectivity index (χ1n) is 12.5. The fraction of sp³-hybridized carbons (Fsp3) is 0.333. The number of imidazole rings is 2. The quantitative estimate of drug-likeness (QED) is 0.0449. The molecule has 0 spiro atoms.